The smallest absolute Gasteiger partial charge is 0.334 e. The summed E-state index contributed by atoms with van der Waals surface area (Å²) in [6, 6.07) is 42.7. The summed E-state index contributed by atoms with van der Waals surface area (Å²) in [6.07, 6.45) is 4.85. The third-order valence-electron chi connectivity index (χ3n) is 10.9. The Kier molecular flexibility index (Phi) is 10.4. The van der Waals surface area contributed by atoms with E-state index in [0.717, 1.165) is 25.7 Å². The molecule has 2 aliphatic rings. The molecule has 2 atom stereocenters. The summed E-state index contributed by atoms with van der Waals surface area (Å²) in [5, 5.41) is 0. The van der Waals surface area contributed by atoms with Gasteiger partial charge in [0.05, 0.1) is 19.1 Å². The third kappa shape index (κ3) is 7.10. The van der Waals surface area contributed by atoms with Crippen LogP contribution in [0, 0.1) is 10.8 Å². The van der Waals surface area contributed by atoms with Crippen LogP contribution in [0.1, 0.15) is 99.8 Å². The predicted molar refractivity (Wildman–Crippen MR) is 195 cm³/mol. The minimum Gasteiger partial charge on any atom is -0.467 e. The zero-order chi connectivity index (χ0) is 34.5. The Morgan fingerprint density at radius 2 is 1.12 bits per heavy atom. The van der Waals surface area contributed by atoms with Crippen LogP contribution in [0.3, 0.4) is 0 Å². The highest BCUT2D eigenvalue weighted by atomic mass is 16.6. The van der Waals surface area contributed by atoms with Gasteiger partial charge in [0.15, 0.2) is 5.54 Å². The number of hydrogen-bond donors (Lipinski definition) is 0. The van der Waals surface area contributed by atoms with E-state index in [1.807, 2.05) is 0 Å². The van der Waals surface area contributed by atoms with E-state index in [9.17, 15) is 4.79 Å². The predicted octanol–water partition coefficient (Wildman–Crippen LogP) is 9.52. The highest BCUT2D eigenvalue weighted by Crippen LogP contribution is 2.55. The summed E-state index contributed by atoms with van der Waals surface area (Å²) in [7, 11) is 1.43. The molecule has 0 saturated carbocycles. The van der Waals surface area contributed by atoms with E-state index in [1.165, 1.54) is 29.4 Å². The molecule has 5 heteroatoms. The molecule has 4 aromatic carbocycles. The van der Waals surface area contributed by atoms with Crippen molar-refractivity contribution in [2.45, 2.75) is 89.3 Å². The van der Waals surface area contributed by atoms with Gasteiger partial charge in [0.2, 0.25) is 5.91 Å². The first kappa shape index (κ1) is 34.6. The SMILES string of the molecule is COC(=O)[C@@]12COC(C(C)(C)C)N1C(=O)C(CCCC(c1ccccc1)c1ccccc1)(CCCC(c1ccccc1)c1ccccc1)C2. The number of methoxy groups -OCH3 is 1. The number of carbonyl (C=O) groups is 2. The number of amides is 1. The summed E-state index contributed by atoms with van der Waals surface area (Å²) in [5.74, 6) is 0.114. The van der Waals surface area contributed by atoms with E-state index in [2.05, 4.69) is 142 Å². The molecule has 0 bridgehead atoms. The van der Waals surface area contributed by atoms with Crippen molar-refractivity contribution in [3.8, 4) is 0 Å². The number of fused-ring (bicyclic) bond motifs is 1. The van der Waals surface area contributed by atoms with Crippen LogP contribution in [-0.2, 0) is 19.1 Å². The fraction of sp³-hybridized carbons (Fsp3) is 0.409. The van der Waals surface area contributed by atoms with Crippen LogP contribution >= 0.6 is 0 Å². The lowest BCUT2D eigenvalue weighted by molar-refractivity contribution is -0.159. The van der Waals surface area contributed by atoms with Gasteiger partial charge in [0, 0.05) is 17.3 Å². The Balaban J connectivity index is 1.31. The highest BCUT2D eigenvalue weighted by Gasteiger charge is 2.69. The van der Waals surface area contributed by atoms with Crippen molar-refractivity contribution < 1.29 is 19.1 Å². The molecule has 256 valence electrons. The van der Waals surface area contributed by atoms with Crippen molar-refractivity contribution >= 4 is 11.9 Å². The van der Waals surface area contributed by atoms with Crippen LogP contribution in [0.4, 0.5) is 0 Å². The highest BCUT2D eigenvalue weighted by molar-refractivity contribution is 5.96. The Labute approximate surface area is 292 Å². The molecule has 0 aliphatic carbocycles. The number of carbonyl (C=O) groups excluding carboxylic acids is 2. The zero-order valence-corrected chi connectivity index (χ0v) is 29.5. The molecule has 1 unspecified atom stereocenters. The van der Waals surface area contributed by atoms with Crippen molar-refractivity contribution in [1.82, 2.24) is 4.90 Å². The van der Waals surface area contributed by atoms with E-state index in [-0.39, 0.29) is 35.7 Å². The monoisotopic (exact) mass is 657 g/mol. The normalized spacial score (nSPS) is 20.2. The lowest BCUT2D eigenvalue weighted by Gasteiger charge is -2.37. The van der Waals surface area contributed by atoms with Gasteiger partial charge in [-0.1, -0.05) is 155 Å². The van der Waals surface area contributed by atoms with Crippen molar-refractivity contribution in [3.05, 3.63) is 144 Å². The van der Waals surface area contributed by atoms with E-state index >= 15 is 4.79 Å². The van der Waals surface area contributed by atoms with E-state index < -0.39 is 17.2 Å². The summed E-state index contributed by atoms with van der Waals surface area (Å²) in [5.41, 5.74) is 2.95. The van der Waals surface area contributed by atoms with Crippen LogP contribution in [-0.4, -0.2) is 42.3 Å². The number of benzene rings is 4. The van der Waals surface area contributed by atoms with Crippen molar-refractivity contribution in [2.75, 3.05) is 13.7 Å². The van der Waals surface area contributed by atoms with Gasteiger partial charge in [-0.3, -0.25) is 9.69 Å². The van der Waals surface area contributed by atoms with Crippen LogP contribution in [0.15, 0.2) is 121 Å². The van der Waals surface area contributed by atoms with Crippen LogP contribution in [0.2, 0.25) is 0 Å². The molecule has 5 nitrogen and oxygen atoms in total. The second-order valence-corrected chi connectivity index (χ2v) is 15.2. The molecule has 2 aliphatic heterocycles. The van der Waals surface area contributed by atoms with E-state index in [0.29, 0.717) is 19.3 Å². The largest absolute Gasteiger partial charge is 0.467 e. The van der Waals surface area contributed by atoms with Gasteiger partial charge < -0.3 is 9.47 Å². The topological polar surface area (TPSA) is 55.8 Å². The minimum atomic E-state index is -1.11. The van der Waals surface area contributed by atoms with Crippen molar-refractivity contribution in [1.29, 1.82) is 0 Å². The minimum absolute atomic E-state index is 0.0438. The first-order valence-electron chi connectivity index (χ1n) is 17.9. The molecule has 0 aromatic heterocycles. The number of esters is 1. The molecule has 0 radical (unpaired) electrons. The van der Waals surface area contributed by atoms with Crippen LogP contribution in [0.25, 0.3) is 0 Å². The molecule has 6 rings (SSSR count). The summed E-state index contributed by atoms with van der Waals surface area (Å²) >= 11 is 0. The molecule has 4 aromatic rings. The molecular weight excluding hydrogens is 606 g/mol. The standard InChI is InChI=1S/C44H51NO4/c1-42(2,3)40-45-39(46)43(31-44(45,32-49-40)41(47)48-4,29-17-27-37(33-19-9-5-10-20-33)34-21-11-6-12-22-34)30-18-28-38(35-23-13-7-14-24-35)36-25-15-8-16-26-36/h5-16,19-26,37-38,40H,17-18,27-32H2,1-4H3/t40?,44-/m1/s1. The first-order chi connectivity index (χ1) is 23.7. The quantitative estimate of drug-likeness (QED) is 0.134. The van der Waals surface area contributed by atoms with Gasteiger partial charge in [0.25, 0.3) is 0 Å². The summed E-state index contributed by atoms with van der Waals surface area (Å²) in [4.78, 5) is 30.6. The maximum atomic E-state index is 15.1. The second-order valence-electron chi connectivity index (χ2n) is 15.2. The van der Waals surface area contributed by atoms with Gasteiger partial charge in [-0.15, -0.1) is 0 Å². The molecule has 2 fully saturated rings. The van der Waals surface area contributed by atoms with E-state index in [4.69, 9.17) is 9.47 Å². The average molecular weight is 658 g/mol. The third-order valence-corrected chi connectivity index (χ3v) is 10.9. The molecule has 49 heavy (non-hydrogen) atoms. The Hall–Kier alpha value is -4.22. The summed E-state index contributed by atoms with van der Waals surface area (Å²) < 4.78 is 11.7. The molecule has 1 amide bonds. The Morgan fingerprint density at radius 3 is 1.47 bits per heavy atom. The number of rotatable bonds is 13. The molecule has 2 saturated heterocycles. The van der Waals surface area contributed by atoms with Gasteiger partial charge >= 0.3 is 5.97 Å². The van der Waals surface area contributed by atoms with Gasteiger partial charge in [0.1, 0.15) is 6.23 Å². The maximum Gasteiger partial charge on any atom is 0.334 e. The maximum absolute atomic E-state index is 15.1. The van der Waals surface area contributed by atoms with Crippen LogP contribution < -0.4 is 0 Å². The van der Waals surface area contributed by atoms with Gasteiger partial charge in [-0.2, -0.15) is 0 Å². The molecule has 0 N–H and O–H groups in total. The van der Waals surface area contributed by atoms with Crippen LogP contribution in [0.5, 0.6) is 0 Å². The van der Waals surface area contributed by atoms with Gasteiger partial charge in [-0.05, 0) is 54.4 Å². The first-order valence-corrected chi connectivity index (χ1v) is 17.9. The fourth-order valence-corrected chi connectivity index (χ4v) is 8.57. The van der Waals surface area contributed by atoms with Crippen molar-refractivity contribution in [2.24, 2.45) is 10.8 Å². The number of ether oxygens (including phenoxy) is 2. The van der Waals surface area contributed by atoms with Crippen molar-refractivity contribution in [3.63, 3.8) is 0 Å². The zero-order valence-electron chi connectivity index (χ0n) is 29.5. The average Bonchev–Trinajstić information content (AvgIpc) is 3.63. The second kappa shape index (κ2) is 14.7. The molecular formula is C44H51NO4. The van der Waals surface area contributed by atoms with Gasteiger partial charge in [-0.25, -0.2) is 4.79 Å². The molecule has 2 heterocycles. The summed E-state index contributed by atoms with van der Waals surface area (Å²) in [6.45, 7) is 6.40. The Bertz CT molecular complexity index is 1500. The molecule has 0 spiro atoms. The number of nitrogens with zero attached hydrogens (tertiary/aromatic N) is 1. The fourth-order valence-electron chi connectivity index (χ4n) is 8.57. The Morgan fingerprint density at radius 1 is 0.735 bits per heavy atom. The lowest BCUT2D eigenvalue weighted by atomic mass is 9.71. The van der Waals surface area contributed by atoms with E-state index in [1.54, 1.807) is 4.90 Å². The number of hydrogen-bond acceptors (Lipinski definition) is 4. The lowest BCUT2D eigenvalue weighted by Crippen LogP contribution is -2.54.